The minimum absolute atomic E-state index is 0.00612. The maximum Gasteiger partial charge on any atom is 0.309 e. The van der Waals surface area contributed by atoms with E-state index in [9.17, 15) is 14.4 Å². The number of rotatable bonds is 6. The second kappa shape index (κ2) is 10.1. The monoisotopic (exact) mass is 408 g/mol. The van der Waals surface area contributed by atoms with Crippen molar-refractivity contribution in [2.45, 2.75) is 33.1 Å². The molecule has 2 amide bonds. The van der Waals surface area contributed by atoms with E-state index in [4.69, 9.17) is 4.74 Å². The molecule has 0 aliphatic carbocycles. The van der Waals surface area contributed by atoms with Gasteiger partial charge in [-0.1, -0.05) is 37.3 Å². The molecular formula is C24H28N2O4. The first-order valence-electron chi connectivity index (χ1n) is 10.4. The van der Waals surface area contributed by atoms with Crippen molar-refractivity contribution in [3.8, 4) is 0 Å². The number of ether oxygens (including phenoxy) is 1. The lowest BCUT2D eigenvalue weighted by atomic mass is 9.96. The number of nitrogens with zero attached hydrogens (tertiary/aromatic N) is 1. The number of piperidine rings is 1. The first kappa shape index (κ1) is 21.6. The van der Waals surface area contributed by atoms with Crippen LogP contribution >= 0.6 is 0 Å². The molecule has 2 aromatic rings. The van der Waals surface area contributed by atoms with Crippen molar-refractivity contribution in [2.75, 3.05) is 25.0 Å². The van der Waals surface area contributed by atoms with Crippen LogP contribution < -0.4 is 5.32 Å². The van der Waals surface area contributed by atoms with Crippen LogP contribution in [-0.4, -0.2) is 42.4 Å². The Kier molecular flexibility index (Phi) is 7.22. The van der Waals surface area contributed by atoms with Gasteiger partial charge >= 0.3 is 5.97 Å². The van der Waals surface area contributed by atoms with Crippen LogP contribution in [0.1, 0.15) is 41.3 Å². The van der Waals surface area contributed by atoms with E-state index in [0.717, 1.165) is 12.0 Å². The van der Waals surface area contributed by atoms with Crippen molar-refractivity contribution < 1.29 is 19.1 Å². The molecule has 0 radical (unpaired) electrons. The van der Waals surface area contributed by atoms with Gasteiger partial charge in [0.05, 0.1) is 5.92 Å². The summed E-state index contributed by atoms with van der Waals surface area (Å²) in [5.41, 5.74) is 3.50. The van der Waals surface area contributed by atoms with Gasteiger partial charge in [-0.2, -0.15) is 0 Å². The molecule has 6 heteroatoms. The fraction of sp³-hybridized carbons (Fsp3) is 0.375. The number of esters is 1. The molecule has 1 saturated heterocycles. The molecular weight excluding hydrogens is 380 g/mol. The molecule has 1 aliphatic heterocycles. The van der Waals surface area contributed by atoms with Crippen LogP contribution in [0.3, 0.4) is 0 Å². The highest BCUT2D eigenvalue weighted by molar-refractivity contribution is 5.96. The number of benzene rings is 2. The molecule has 2 aromatic carbocycles. The number of hydrogen-bond donors (Lipinski definition) is 1. The van der Waals surface area contributed by atoms with Crippen molar-refractivity contribution in [1.82, 2.24) is 4.90 Å². The summed E-state index contributed by atoms with van der Waals surface area (Å²) in [7, 11) is 0. The van der Waals surface area contributed by atoms with E-state index in [1.54, 1.807) is 4.90 Å². The molecule has 0 atom stereocenters. The zero-order valence-corrected chi connectivity index (χ0v) is 17.5. The predicted octanol–water partition coefficient (Wildman–Crippen LogP) is 3.59. The van der Waals surface area contributed by atoms with Gasteiger partial charge in [0, 0.05) is 24.3 Å². The topological polar surface area (TPSA) is 75.7 Å². The summed E-state index contributed by atoms with van der Waals surface area (Å²) < 4.78 is 5.21. The fourth-order valence-electron chi connectivity index (χ4n) is 3.58. The van der Waals surface area contributed by atoms with Crippen LogP contribution in [0.25, 0.3) is 0 Å². The average molecular weight is 408 g/mol. The molecule has 6 nitrogen and oxygen atoms in total. The molecule has 1 N–H and O–H groups in total. The predicted molar refractivity (Wildman–Crippen MR) is 115 cm³/mol. The van der Waals surface area contributed by atoms with Gasteiger partial charge in [-0.25, -0.2) is 0 Å². The second-order valence-electron chi connectivity index (χ2n) is 7.59. The SMILES string of the molecule is CCc1ccc(NC(=O)COC(=O)C2CCN(C(=O)c3ccccc3C)CC2)cc1. The fourth-order valence-corrected chi connectivity index (χ4v) is 3.58. The van der Waals surface area contributed by atoms with Crippen LogP contribution in [0, 0.1) is 12.8 Å². The third kappa shape index (κ3) is 5.47. The number of hydrogen-bond acceptors (Lipinski definition) is 4. The van der Waals surface area contributed by atoms with Gasteiger partial charge in [0.15, 0.2) is 6.61 Å². The van der Waals surface area contributed by atoms with Crippen molar-refractivity contribution >= 4 is 23.5 Å². The molecule has 1 heterocycles. The van der Waals surface area contributed by atoms with E-state index in [1.807, 2.05) is 55.5 Å². The third-order valence-corrected chi connectivity index (χ3v) is 5.48. The highest BCUT2D eigenvalue weighted by Gasteiger charge is 2.29. The Morgan fingerprint density at radius 1 is 1.03 bits per heavy atom. The molecule has 0 bridgehead atoms. The normalized spacial score (nSPS) is 14.3. The highest BCUT2D eigenvalue weighted by Crippen LogP contribution is 2.21. The summed E-state index contributed by atoms with van der Waals surface area (Å²) in [6.45, 7) is 4.68. The molecule has 158 valence electrons. The molecule has 1 fully saturated rings. The summed E-state index contributed by atoms with van der Waals surface area (Å²) in [6.07, 6.45) is 2.01. The van der Waals surface area contributed by atoms with Crippen molar-refractivity contribution in [3.05, 3.63) is 65.2 Å². The van der Waals surface area contributed by atoms with Crippen molar-refractivity contribution in [3.63, 3.8) is 0 Å². The molecule has 1 aliphatic rings. The minimum atomic E-state index is -0.380. The number of nitrogens with one attached hydrogen (secondary N) is 1. The minimum Gasteiger partial charge on any atom is -0.455 e. The van der Waals surface area contributed by atoms with E-state index in [2.05, 4.69) is 12.2 Å². The van der Waals surface area contributed by atoms with E-state index in [1.165, 1.54) is 5.56 Å². The summed E-state index contributed by atoms with van der Waals surface area (Å²) in [5, 5.41) is 2.73. The Bertz CT molecular complexity index is 900. The molecule has 0 saturated carbocycles. The van der Waals surface area contributed by atoms with Gasteiger partial charge in [-0.3, -0.25) is 14.4 Å². The first-order chi connectivity index (χ1) is 14.5. The summed E-state index contributed by atoms with van der Waals surface area (Å²) in [5.74, 6) is -1.04. The highest BCUT2D eigenvalue weighted by atomic mass is 16.5. The quantitative estimate of drug-likeness (QED) is 0.741. The Labute approximate surface area is 177 Å². The van der Waals surface area contributed by atoms with Gasteiger partial charge < -0.3 is 15.0 Å². The van der Waals surface area contributed by atoms with Crippen LogP contribution in [-0.2, 0) is 20.7 Å². The number of carbonyl (C=O) groups is 3. The first-order valence-corrected chi connectivity index (χ1v) is 10.4. The van der Waals surface area contributed by atoms with Crippen LogP contribution in [0.15, 0.2) is 48.5 Å². The largest absolute Gasteiger partial charge is 0.455 e. The molecule has 30 heavy (non-hydrogen) atoms. The Balaban J connectivity index is 1.43. The van der Waals surface area contributed by atoms with E-state index in [-0.39, 0.29) is 30.3 Å². The zero-order chi connectivity index (χ0) is 21.5. The number of aryl methyl sites for hydroxylation is 2. The Morgan fingerprint density at radius 2 is 1.70 bits per heavy atom. The van der Waals surface area contributed by atoms with Gasteiger partial charge in [0.1, 0.15) is 0 Å². The van der Waals surface area contributed by atoms with Gasteiger partial charge in [0.2, 0.25) is 0 Å². The number of carbonyl (C=O) groups excluding carboxylic acids is 3. The van der Waals surface area contributed by atoms with Crippen LogP contribution in [0.5, 0.6) is 0 Å². The summed E-state index contributed by atoms with van der Waals surface area (Å²) in [4.78, 5) is 38.8. The number of anilines is 1. The molecule has 0 aromatic heterocycles. The maximum atomic E-state index is 12.7. The van der Waals surface area contributed by atoms with E-state index >= 15 is 0 Å². The molecule has 3 rings (SSSR count). The summed E-state index contributed by atoms with van der Waals surface area (Å²) >= 11 is 0. The van der Waals surface area contributed by atoms with Gasteiger partial charge in [0.25, 0.3) is 11.8 Å². The van der Waals surface area contributed by atoms with Crippen molar-refractivity contribution in [2.24, 2.45) is 5.92 Å². The maximum absolute atomic E-state index is 12.7. The van der Waals surface area contributed by atoms with Crippen LogP contribution in [0.2, 0.25) is 0 Å². The lowest BCUT2D eigenvalue weighted by molar-refractivity contribution is -0.152. The Morgan fingerprint density at radius 3 is 2.33 bits per heavy atom. The van der Waals surface area contributed by atoms with Crippen molar-refractivity contribution in [1.29, 1.82) is 0 Å². The summed E-state index contributed by atoms with van der Waals surface area (Å²) in [6, 6.07) is 15.1. The van der Waals surface area contributed by atoms with E-state index in [0.29, 0.717) is 37.2 Å². The Hall–Kier alpha value is -3.15. The van der Waals surface area contributed by atoms with Gasteiger partial charge in [-0.15, -0.1) is 0 Å². The van der Waals surface area contributed by atoms with Crippen LogP contribution in [0.4, 0.5) is 5.69 Å². The standard InChI is InChI=1S/C24H28N2O4/c1-3-18-8-10-20(11-9-18)25-22(27)16-30-24(29)19-12-14-26(15-13-19)23(28)21-7-5-4-6-17(21)2/h4-11,19H,3,12-16H2,1-2H3,(H,25,27). The van der Waals surface area contributed by atoms with Gasteiger partial charge in [-0.05, 0) is 55.5 Å². The molecule has 0 spiro atoms. The lowest BCUT2D eigenvalue weighted by Gasteiger charge is -2.31. The second-order valence-corrected chi connectivity index (χ2v) is 7.59. The number of likely N-dealkylation sites (tertiary alicyclic amines) is 1. The third-order valence-electron chi connectivity index (χ3n) is 5.48. The van der Waals surface area contributed by atoms with E-state index < -0.39 is 0 Å². The lowest BCUT2D eigenvalue weighted by Crippen LogP contribution is -2.41. The number of amides is 2. The molecule has 0 unspecified atom stereocenters. The average Bonchev–Trinajstić information content (AvgIpc) is 2.78. The zero-order valence-electron chi connectivity index (χ0n) is 17.5. The smallest absolute Gasteiger partial charge is 0.309 e.